The Bertz CT molecular complexity index is 172. The molecule has 12 heavy (non-hydrogen) atoms. The van der Waals surface area contributed by atoms with Crippen LogP contribution in [0.15, 0.2) is 11.6 Å². The smallest absolute Gasteiger partial charge is 0.0668 e. The number of rotatable bonds is 2. The van der Waals surface area contributed by atoms with E-state index in [-0.39, 0.29) is 6.10 Å². The molecule has 1 aliphatic heterocycles. The van der Waals surface area contributed by atoms with E-state index in [0.29, 0.717) is 17.6 Å². The van der Waals surface area contributed by atoms with Crippen molar-refractivity contribution in [3.8, 4) is 0 Å². The van der Waals surface area contributed by atoms with Crippen molar-refractivity contribution in [1.82, 2.24) is 4.90 Å². The number of aliphatic hydroxyl groups is 1. The van der Waals surface area contributed by atoms with Gasteiger partial charge in [-0.1, -0.05) is 18.2 Å². The van der Waals surface area contributed by atoms with Crippen molar-refractivity contribution in [2.75, 3.05) is 13.1 Å². The number of likely N-dealkylation sites (tertiary alicyclic amines) is 1. The summed E-state index contributed by atoms with van der Waals surface area (Å²) >= 11 is 5.71. The molecule has 1 saturated heterocycles. The highest BCUT2D eigenvalue weighted by molar-refractivity contribution is 6.29. The summed E-state index contributed by atoms with van der Waals surface area (Å²) in [6.07, 6.45) is 1.77. The molecule has 1 heterocycles. The van der Waals surface area contributed by atoms with Crippen LogP contribution in [-0.4, -0.2) is 35.2 Å². The summed E-state index contributed by atoms with van der Waals surface area (Å²) in [4.78, 5) is 2.17. The van der Waals surface area contributed by atoms with Crippen molar-refractivity contribution in [3.05, 3.63) is 11.6 Å². The third-order valence-corrected chi connectivity index (χ3v) is 2.48. The van der Waals surface area contributed by atoms with Gasteiger partial charge in [-0.2, -0.15) is 0 Å². The van der Waals surface area contributed by atoms with Gasteiger partial charge in [-0.3, -0.25) is 4.90 Å². The molecule has 0 aromatic carbocycles. The molecule has 0 aromatic heterocycles. The Hall–Kier alpha value is -0.0500. The van der Waals surface area contributed by atoms with Crippen LogP contribution in [0.4, 0.5) is 0 Å². The molecule has 0 unspecified atom stereocenters. The average Bonchev–Trinajstić information content (AvgIpc) is 1.96. The fourth-order valence-corrected chi connectivity index (χ4v) is 1.75. The lowest BCUT2D eigenvalue weighted by atomic mass is 10.0. The van der Waals surface area contributed by atoms with Crippen molar-refractivity contribution in [2.45, 2.75) is 31.9 Å². The minimum absolute atomic E-state index is 0.183. The van der Waals surface area contributed by atoms with Crippen LogP contribution in [0.3, 0.4) is 0 Å². The quantitative estimate of drug-likeness (QED) is 0.713. The second kappa shape index (κ2) is 4.26. The van der Waals surface area contributed by atoms with Crippen LogP contribution >= 0.6 is 11.6 Å². The lowest BCUT2D eigenvalue weighted by Gasteiger charge is -2.35. The zero-order valence-electron chi connectivity index (χ0n) is 7.46. The Balaban J connectivity index is 2.43. The Morgan fingerprint density at radius 2 is 2.33 bits per heavy atom. The van der Waals surface area contributed by atoms with Gasteiger partial charge in [-0.05, 0) is 19.8 Å². The molecular weight excluding hydrogens is 174 g/mol. The standard InChI is InChI=1S/C9H16ClNO/c1-7(10)5-11-6-9(12)4-3-8(11)2/h8-9,12H,1,3-6H2,2H3/t8-,9-/m1/s1. The van der Waals surface area contributed by atoms with Gasteiger partial charge in [-0.25, -0.2) is 0 Å². The zero-order valence-corrected chi connectivity index (χ0v) is 8.22. The molecule has 1 rings (SSSR count). The van der Waals surface area contributed by atoms with E-state index in [4.69, 9.17) is 11.6 Å². The average molecular weight is 190 g/mol. The minimum Gasteiger partial charge on any atom is -0.392 e. The Kier molecular flexibility index (Phi) is 3.56. The first kappa shape index (κ1) is 10.0. The first-order chi connectivity index (χ1) is 5.59. The maximum absolute atomic E-state index is 9.40. The van der Waals surface area contributed by atoms with Gasteiger partial charge < -0.3 is 5.11 Å². The molecule has 1 fully saturated rings. The van der Waals surface area contributed by atoms with Crippen molar-refractivity contribution in [1.29, 1.82) is 0 Å². The highest BCUT2D eigenvalue weighted by Gasteiger charge is 2.23. The minimum atomic E-state index is -0.183. The first-order valence-corrected chi connectivity index (χ1v) is 4.73. The monoisotopic (exact) mass is 189 g/mol. The maximum Gasteiger partial charge on any atom is 0.0668 e. The molecule has 0 radical (unpaired) electrons. The second-order valence-corrected chi connectivity index (χ2v) is 4.06. The van der Waals surface area contributed by atoms with Crippen LogP contribution in [0.2, 0.25) is 0 Å². The van der Waals surface area contributed by atoms with E-state index >= 15 is 0 Å². The lowest BCUT2D eigenvalue weighted by molar-refractivity contribution is 0.0476. The zero-order chi connectivity index (χ0) is 9.14. The summed E-state index contributed by atoms with van der Waals surface area (Å²) in [7, 11) is 0. The molecule has 70 valence electrons. The van der Waals surface area contributed by atoms with Gasteiger partial charge in [-0.15, -0.1) is 0 Å². The third-order valence-electron chi connectivity index (χ3n) is 2.36. The van der Waals surface area contributed by atoms with E-state index < -0.39 is 0 Å². The molecule has 3 heteroatoms. The summed E-state index contributed by atoms with van der Waals surface area (Å²) in [5, 5.41) is 10.0. The van der Waals surface area contributed by atoms with Gasteiger partial charge >= 0.3 is 0 Å². The number of hydrogen-bond donors (Lipinski definition) is 1. The fraction of sp³-hybridized carbons (Fsp3) is 0.778. The van der Waals surface area contributed by atoms with Gasteiger partial charge in [0.25, 0.3) is 0 Å². The number of aliphatic hydroxyl groups excluding tert-OH is 1. The van der Waals surface area contributed by atoms with Crippen LogP contribution in [0.5, 0.6) is 0 Å². The molecule has 2 atom stereocenters. The summed E-state index contributed by atoms with van der Waals surface area (Å²) in [5.41, 5.74) is 0. The van der Waals surface area contributed by atoms with E-state index in [1.54, 1.807) is 0 Å². The van der Waals surface area contributed by atoms with Crippen LogP contribution in [0.25, 0.3) is 0 Å². The molecule has 0 bridgehead atoms. The second-order valence-electron chi connectivity index (χ2n) is 3.53. The maximum atomic E-state index is 9.40. The van der Waals surface area contributed by atoms with Crippen LogP contribution < -0.4 is 0 Å². The number of piperidine rings is 1. The summed E-state index contributed by atoms with van der Waals surface area (Å²) in [6.45, 7) is 7.23. The molecule has 0 spiro atoms. The lowest BCUT2D eigenvalue weighted by Crippen LogP contribution is -2.44. The van der Waals surface area contributed by atoms with Crippen LogP contribution in [-0.2, 0) is 0 Å². The predicted molar refractivity (Wildman–Crippen MR) is 51.3 cm³/mol. The third kappa shape index (κ3) is 2.77. The molecule has 2 nitrogen and oxygen atoms in total. The summed E-state index contributed by atoms with van der Waals surface area (Å²) in [5.74, 6) is 0. The normalized spacial score (nSPS) is 31.9. The predicted octanol–water partition coefficient (Wildman–Crippen LogP) is 1.58. The van der Waals surface area contributed by atoms with E-state index in [0.717, 1.165) is 19.4 Å². The number of nitrogens with zero attached hydrogens (tertiary/aromatic N) is 1. The van der Waals surface area contributed by atoms with E-state index in [1.807, 2.05) is 0 Å². The highest BCUT2D eigenvalue weighted by atomic mass is 35.5. The Morgan fingerprint density at radius 1 is 1.67 bits per heavy atom. The SMILES string of the molecule is C=C(Cl)CN1C[C@H](O)CC[C@H]1C. The Morgan fingerprint density at radius 3 is 2.92 bits per heavy atom. The Labute approximate surface area is 78.8 Å². The van der Waals surface area contributed by atoms with E-state index in [9.17, 15) is 5.11 Å². The molecule has 0 aromatic rings. The topological polar surface area (TPSA) is 23.5 Å². The molecular formula is C9H16ClNO. The van der Waals surface area contributed by atoms with E-state index in [2.05, 4.69) is 18.4 Å². The fourth-order valence-electron chi connectivity index (χ4n) is 1.60. The van der Waals surface area contributed by atoms with Crippen LogP contribution in [0, 0.1) is 0 Å². The summed E-state index contributed by atoms with van der Waals surface area (Å²) in [6, 6.07) is 0.517. The molecule has 0 saturated carbocycles. The number of β-amino-alcohol motifs (C(OH)–C–C–N with tert-alkyl or cyclic N) is 1. The highest BCUT2D eigenvalue weighted by Crippen LogP contribution is 2.18. The number of halogens is 1. The van der Waals surface area contributed by atoms with Crippen molar-refractivity contribution < 1.29 is 5.11 Å². The van der Waals surface area contributed by atoms with Crippen LogP contribution in [0.1, 0.15) is 19.8 Å². The first-order valence-electron chi connectivity index (χ1n) is 4.35. The van der Waals surface area contributed by atoms with Gasteiger partial charge in [0.1, 0.15) is 0 Å². The largest absolute Gasteiger partial charge is 0.392 e. The van der Waals surface area contributed by atoms with Crippen molar-refractivity contribution >= 4 is 11.6 Å². The van der Waals surface area contributed by atoms with Crippen molar-refractivity contribution in [3.63, 3.8) is 0 Å². The molecule has 0 aliphatic carbocycles. The molecule has 1 N–H and O–H groups in total. The molecule has 1 aliphatic rings. The van der Waals surface area contributed by atoms with E-state index in [1.165, 1.54) is 0 Å². The van der Waals surface area contributed by atoms with Crippen molar-refractivity contribution in [2.24, 2.45) is 0 Å². The van der Waals surface area contributed by atoms with Gasteiger partial charge in [0, 0.05) is 24.2 Å². The summed E-state index contributed by atoms with van der Waals surface area (Å²) < 4.78 is 0. The number of hydrogen-bond acceptors (Lipinski definition) is 2. The molecule has 0 amide bonds. The van der Waals surface area contributed by atoms with Gasteiger partial charge in [0.15, 0.2) is 0 Å². The van der Waals surface area contributed by atoms with Gasteiger partial charge in [0.2, 0.25) is 0 Å². The van der Waals surface area contributed by atoms with Gasteiger partial charge in [0.05, 0.1) is 6.10 Å².